The van der Waals surface area contributed by atoms with Crippen LogP contribution in [-0.4, -0.2) is 16.1 Å². The molecule has 19 heavy (non-hydrogen) atoms. The van der Waals surface area contributed by atoms with Gasteiger partial charge in [-0.15, -0.1) is 0 Å². The number of carbonyl (C=O) groups is 1. The summed E-state index contributed by atoms with van der Waals surface area (Å²) in [6, 6.07) is 11.1. The molecule has 1 heterocycles. The molecule has 0 aliphatic heterocycles. The maximum atomic E-state index is 10.9. The smallest absolute Gasteiger partial charge is 0.335 e. The van der Waals surface area contributed by atoms with E-state index in [4.69, 9.17) is 5.11 Å². The van der Waals surface area contributed by atoms with E-state index in [1.165, 1.54) is 23.9 Å². The van der Waals surface area contributed by atoms with Crippen LogP contribution in [0.4, 0.5) is 11.5 Å². The molecule has 0 spiro atoms. The van der Waals surface area contributed by atoms with Gasteiger partial charge in [-0.1, -0.05) is 25.5 Å². The average Bonchev–Trinajstić information content (AvgIpc) is 2.42. The lowest BCUT2D eigenvalue weighted by molar-refractivity contribution is 0.0697. The van der Waals surface area contributed by atoms with Crippen LogP contribution in [0.2, 0.25) is 0 Å². The average molecular weight is 256 g/mol. The Kier molecular flexibility index (Phi) is 4.13. The minimum atomic E-state index is -0.955. The Labute approximate surface area is 112 Å². The number of hydrogen-bond donors (Lipinski definition) is 2. The molecule has 0 unspecified atom stereocenters. The van der Waals surface area contributed by atoms with Crippen LogP contribution < -0.4 is 5.32 Å². The van der Waals surface area contributed by atoms with Crippen molar-refractivity contribution < 1.29 is 9.90 Å². The lowest BCUT2D eigenvalue weighted by Gasteiger charge is -2.07. The summed E-state index contributed by atoms with van der Waals surface area (Å²) in [5.74, 6) is -0.424. The molecule has 0 bridgehead atoms. The molecule has 0 aliphatic carbocycles. The summed E-state index contributed by atoms with van der Waals surface area (Å²) in [4.78, 5) is 15.0. The molecule has 0 fully saturated rings. The monoisotopic (exact) mass is 256 g/mol. The van der Waals surface area contributed by atoms with Crippen LogP contribution in [0.15, 0.2) is 42.6 Å². The van der Waals surface area contributed by atoms with Gasteiger partial charge in [-0.3, -0.25) is 0 Å². The maximum Gasteiger partial charge on any atom is 0.335 e. The summed E-state index contributed by atoms with van der Waals surface area (Å²) in [6.45, 7) is 2.15. The standard InChI is InChI=1S/C15H16N2O2/c1-2-3-11-4-6-13(7-5-11)17-14-10-12(15(18)19)8-9-16-14/h4-10H,2-3H2,1H3,(H,16,17)(H,18,19). The minimum absolute atomic E-state index is 0.222. The summed E-state index contributed by atoms with van der Waals surface area (Å²) in [5.41, 5.74) is 2.41. The predicted octanol–water partition coefficient (Wildman–Crippen LogP) is 3.48. The van der Waals surface area contributed by atoms with E-state index < -0.39 is 5.97 Å². The van der Waals surface area contributed by atoms with Crippen LogP contribution in [0.25, 0.3) is 0 Å². The second-order valence-electron chi connectivity index (χ2n) is 4.31. The Hall–Kier alpha value is -2.36. The Morgan fingerprint density at radius 2 is 2.00 bits per heavy atom. The molecule has 2 rings (SSSR count). The summed E-state index contributed by atoms with van der Waals surface area (Å²) < 4.78 is 0. The fourth-order valence-corrected chi connectivity index (χ4v) is 1.82. The number of carboxylic acids is 1. The van der Waals surface area contributed by atoms with Crippen LogP contribution in [0.3, 0.4) is 0 Å². The topological polar surface area (TPSA) is 62.2 Å². The number of nitrogens with one attached hydrogen (secondary N) is 1. The molecule has 0 radical (unpaired) electrons. The lowest BCUT2D eigenvalue weighted by atomic mass is 10.1. The van der Waals surface area contributed by atoms with Gasteiger partial charge < -0.3 is 10.4 Å². The zero-order valence-electron chi connectivity index (χ0n) is 10.8. The molecule has 2 aromatic rings. The molecule has 98 valence electrons. The second kappa shape index (κ2) is 6.00. The molecular formula is C15H16N2O2. The van der Waals surface area contributed by atoms with E-state index in [1.54, 1.807) is 0 Å². The molecular weight excluding hydrogens is 240 g/mol. The first-order chi connectivity index (χ1) is 9.19. The molecule has 0 saturated carbocycles. The third-order valence-corrected chi connectivity index (χ3v) is 2.77. The van der Waals surface area contributed by atoms with Crippen molar-refractivity contribution in [1.29, 1.82) is 0 Å². The first kappa shape index (κ1) is 13.1. The van der Waals surface area contributed by atoms with Gasteiger partial charge in [0.05, 0.1) is 5.56 Å². The first-order valence-electron chi connectivity index (χ1n) is 6.24. The van der Waals surface area contributed by atoms with Crippen molar-refractivity contribution in [3.8, 4) is 0 Å². The van der Waals surface area contributed by atoms with E-state index in [0.29, 0.717) is 5.82 Å². The van der Waals surface area contributed by atoms with Crippen molar-refractivity contribution in [1.82, 2.24) is 4.98 Å². The number of aromatic carboxylic acids is 1. The van der Waals surface area contributed by atoms with Gasteiger partial charge in [0.2, 0.25) is 0 Å². The van der Waals surface area contributed by atoms with Crippen molar-refractivity contribution >= 4 is 17.5 Å². The highest BCUT2D eigenvalue weighted by atomic mass is 16.4. The van der Waals surface area contributed by atoms with Gasteiger partial charge in [0.15, 0.2) is 0 Å². The van der Waals surface area contributed by atoms with E-state index >= 15 is 0 Å². The summed E-state index contributed by atoms with van der Waals surface area (Å²) in [6.07, 6.45) is 3.67. The molecule has 4 nitrogen and oxygen atoms in total. The van der Waals surface area contributed by atoms with Gasteiger partial charge in [-0.25, -0.2) is 9.78 Å². The molecule has 0 saturated heterocycles. The number of aryl methyl sites for hydroxylation is 1. The van der Waals surface area contributed by atoms with Crippen LogP contribution >= 0.6 is 0 Å². The Morgan fingerprint density at radius 3 is 2.63 bits per heavy atom. The van der Waals surface area contributed by atoms with Gasteiger partial charge in [0, 0.05) is 11.9 Å². The molecule has 0 amide bonds. The molecule has 4 heteroatoms. The predicted molar refractivity (Wildman–Crippen MR) is 74.9 cm³/mol. The van der Waals surface area contributed by atoms with Gasteiger partial charge in [-0.2, -0.15) is 0 Å². The fraction of sp³-hybridized carbons (Fsp3) is 0.200. The van der Waals surface area contributed by atoms with E-state index in [2.05, 4.69) is 29.4 Å². The Bertz CT molecular complexity index is 565. The minimum Gasteiger partial charge on any atom is -0.478 e. The van der Waals surface area contributed by atoms with Crippen molar-refractivity contribution in [2.24, 2.45) is 0 Å². The van der Waals surface area contributed by atoms with Crippen molar-refractivity contribution in [3.63, 3.8) is 0 Å². The highest BCUT2D eigenvalue weighted by Gasteiger charge is 2.04. The number of anilines is 2. The molecule has 0 aliphatic rings. The molecule has 1 aromatic heterocycles. The van der Waals surface area contributed by atoms with Crippen molar-refractivity contribution in [2.75, 3.05) is 5.32 Å². The number of nitrogens with zero attached hydrogens (tertiary/aromatic N) is 1. The van der Waals surface area contributed by atoms with Gasteiger partial charge in [0.1, 0.15) is 5.82 Å². The zero-order chi connectivity index (χ0) is 13.7. The maximum absolute atomic E-state index is 10.9. The number of pyridine rings is 1. The molecule has 2 N–H and O–H groups in total. The van der Waals surface area contributed by atoms with Crippen LogP contribution in [-0.2, 0) is 6.42 Å². The van der Waals surface area contributed by atoms with Crippen LogP contribution in [0, 0.1) is 0 Å². The lowest BCUT2D eigenvalue weighted by Crippen LogP contribution is -1.99. The number of aromatic nitrogens is 1. The number of rotatable bonds is 5. The summed E-state index contributed by atoms with van der Waals surface area (Å²) in [7, 11) is 0. The quantitative estimate of drug-likeness (QED) is 0.859. The molecule has 1 aromatic carbocycles. The van der Waals surface area contributed by atoms with E-state index in [-0.39, 0.29) is 5.56 Å². The van der Waals surface area contributed by atoms with Crippen LogP contribution in [0.5, 0.6) is 0 Å². The van der Waals surface area contributed by atoms with Crippen molar-refractivity contribution in [2.45, 2.75) is 19.8 Å². The van der Waals surface area contributed by atoms with Crippen LogP contribution in [0.1, 0.15) is 29.3 Å². The SMILES string of the molecule is CCCc1ccc(Nc2cc(C(=O)O)ccn2)cc1. The third kappa shape index (κ3) is 3.55. The second-order valence-corrected chi connectivity index (χ2v) is 4.31. The fourth-order valence-electron chi connectivity index (χ4n) is 1.82. The highest BCUT2D eigenvalue weighted by molar-refractivity contribution is 5.88. The Morgan fingerprint density at radius 1 is 1.26 bits per heavy atom. The van der Waals surface area contributed by atoms with Gasteiger partial charge in [0.25, 0.3) is 0 Å². The Balaban J connectivity index is 2.12. The summed E-state index contributed by atoms with van der Waals surface area (Å²) in [5, 5.41) is 12.0. The molecule has 0 atom stereocenters. The van der Waals surface area contributed by atoms with Gasteiger partial charge >= 0.3 is 5.97 Å². The first-order valence-corrected chi connectivity index (χ1v) is 6.24. The van der Waals surface area contributed by atoms with Crippen molar-refractivity contribution in [3.05, 3.63) is 53.7 Å². The highest BCUT2D eigenvalue weighted by Crippen LogP contribution is 2.16. The largest absolute Gasteiger partial charge is 0.478 e. The number of carboxylic acid groups (broad SMARTS) is 1. The summed E-state index contributed by atoms with van der Waals surface area (Å²) >= 11 is 0. The van der Waals surface area contributed by atoms with E-state index in [0.717, 1.165) is 18.5 Å². The number of hydrogen-bond acceptors (Lipinski definition) is 3. The van der Waals surface area contributed by atoms with E-state index in [9.17, 15) is 4.79 Å². The number of benzene rings is 1. The third-order valence-electron chi connectivity index (χ3n) is 2.77. The zero-order valence-corrected chi connectivity index (χ0v) is 10.8. The van der Waals surface area contributed by atoms with Gasteiger partial charge in [-0.05, 0) is 36.2 Å². The normalized spacial score (nSPS) is 10.2. The van der Waals surface area contributed by atoms with E-state index in [1.807, 2.05) is 12.1 Å².